The third kappa shape index (κ3) is 3.77. The predicted molar refractivity (Wildman–Crippen MR) is 110 cm³/mol. The quantitative estimate of drug-likeness (QED) is 0.719. The van der Waals surface area contributed by atoms with Crippen LogP contribution in [0.2, 0.25) is 0 Å². The van der Waals surface area contributed by atoms with E-state index in [1.807, 2.05) is 18.2 Å². The molecule has 3 heterocycles. The number of nitrogens with two attached hydrogens (primary N) is 1. The zero-order chi connectivity index (χ0) is 20.9. The van der Waals surface area contributed by atoms with E-state index in [-0.39, 0.29) is 42.0 Å². The molecule has 0 saturated carbocycles. The second-order valence-electron chi connectivity index (χ2n) is 9.26. The number of halogens is 1. The van der Waals surface area contributed by atoms with Gasteiger partial charge in [-0.25, -0.2) is 9.38 Å². The number of guanidine groups is 1. The lowest BCUT2D eigenvalue weighted by atomic mass is 9.79. The van der Waals surface area contributed by atoms with E-state index in [2.05, 4.69) is 43.3 Å². The lowest BCUT2D eigenvalue weighted by molar-refractivity contribution is -0.322. The number of hydrogen-bond acceptors (Lipinski definition) is 7. The number of ether oxygens (including phenoxy) is 1. The van der Waals surface area contributed by atoms with Crippen LogP contribution in [0.4, 0.5) is 4.39 Å². The Morgan fingerprint density at radius 1 is 1.14 bits per heavy atom. The zero-order valence-corrected chi connectivity index (χ0v) is 17.5. The molecule has 0 bridgehead atoms. The van der Waals surface area contributed by atoms with E-state index in [1.165, 1.54) is 5.06 Å². The molecule has 8 heteroatoms. The minimum atomic E-state index is -1.64. The van der Waals surface area contributed by atoms with Crippen molar-refractivity contribution in [2.75, 3.05) is 13.2 Å². The average molecular weight is 404 g/mol. The Kier molecular flexibility index (Phi) is 4.93. The number of fused-ring (bicyclic) bond motifs is 1. The number of hydroxylamine groups is 2. The summed E-state index contributed by atoms with van der Waals surface area (Å²) < 4.78 is 22.0. The maximum Gasteiger partial charge on any atom is 0.281 e. The van der Waals surface area contributed by atoms with Gasteiger partial charge in [0.2, 0.25) is 5.96 Å². The van der Waals surface area contributed by atoms with E-state index < -0.39 is 11.7 Å². The second-order valence-corrected chi connectivity index (χ2v) is 9.26. The van der Waals surface area contributed by atoms with Crippen molar-refractivity contribution in [1.82, 2.24) is 15.7 Å². The predicted octanol–water partition coefficient (Wildman–Crippen LogP) is 2.47. The van der Waals surface area contributed by atoms with Gasteiger partial charge in [0.15, 0.2) is 5.83 Å². The van der Waals surface area contributed by atoms with Gasteiger partial charge >= 0.3 is 0 Å². The Morgan fingerprint density at radius 3 is 2.45 bits per heavy atom. The summed E-state index contributed by atoms with van der Waals surface area (Å²) in [5.74, 6) is -2.12. The Balaban J connectivity index is 1.75. The van der Waals surface area contributed by atoms with Crippen LogP contribution in [-0.4, -0.2) is 47.2 Å². The van der Waals surface area contributed by atoms with Crippen LogP contribution in [0.3, 0.4) is 0 Å². The SMILES string of the molecule is CC1(C)CC(NC23OCCON2C(N)=NC(c2ccccc2)=C3F)CC(C)(C)N1. The zero-order valence-electron chi connectivity index (χ0n) is 17.5. The lowest BCUT2D eigenvalue weighted by Gasteiger charge is -2.52. The van der Waals surface area contributed by atoms with Crippen LogP contribution in [0.5, 0.6) is 0 Å². The van der Waals surface area contributed by atoms with Crippen molar-refractivity contribution in [1.29, 1.82) is 0 Å². The lowest BCUT2D eigenvalue weighted by Crippen LogP contribution is -2.72. The van der Waals surface area contributed by atoms with Crippen LogP contribution < -0.4 is 16.4 Å². The summed E-state index contributed by atoms with van der Waals surface area (Å²) in [6.07, 6.45) is 1.58. The molecule has 158 valence electrons. The topological polar surface area (TPSA) is 84.1 Å². The Hall–Kier alpha value is -2.00. The summed E-state index contributed by atoms with van der Waals surface area (Å²) in [5, 5.41) is 8.29. The maximum atomic E-state index is 16.0. The van der Waals surface area contributed by atoms with Crippen LogP contribution in [0.25, 0.3) is 5.70 Å². The first kappa shape index (κ1) is 20.3. The Bertz CT molecular complexity index is 823. The summed E-state index contributed by atoms with van der Waals surface area (Å²) in [4.78, 5) is 9.98. The van der Waals surface area contributed by atoms with Gasteiger partial charge in [0.05, 0.1) is 13.2 Å². The van der Waals surface area contributed by atoms with Crippen LogP contribution in [0, 0.1) is 0 Å². The highest BCUT2D eigenvalue weighted by molar-refractivity contribution is 5.88. The Labute approximate surface area is 171 Å². The third-order valence-electron chi connectivity index (χ3n) is 5.48. The standard InChI is InChI=1S/C21H30FN5O2/c1-19(2)12-15(13-20(3,4)26-19)25-21-17(22)16(14-8-6-5-7-9-14)24-18(23)27(21)29-11-10-28-21/h5-9,15,25-26H,10-13H2,1-4H3,(H2,23,24). The summed E-state index contributed by atoms with van der Waals surface area (Å²) in [6.45, 7) is 9.10. The van der Waals surface area contributed by atoms with E-state index in [0.29, 0.717) is 5.56 Å². The molecular weight excluding hydrogens is 373 g/mol. The van der Waals surface area contributed by atoms with Gasteiger partial charge in [-0.3, -0.25) is 10.2 Å². The highest BCUT2D eigenvalue weighted by Crippen LogP contribution is 2.40. The van der Waals surface area contributed by atoms with E-state index in [9.17, 15) is 0 Å². The summed E-state index contributed by atoms with van der Waals surface area (Å²) in [6, 6.07) is 9.12. The molecule has 4 N–H and O–H groups in total. The molecule has 0 aromatic heterocycles. The van der Waals surface area contributed by atoms with Gasteiger partial charge in [0, 0.05) is 22.7 Å². The van der Waals surface area contributed by atoms with E-state index in [1.54, 1.807) is 12.1 Å². The fourth-order valence-corrected chi connectivity index (χ4v) is 4.87. The monoisotopic (exact) mass is 403 g/mol. The average Bonchev–Trinajstić information content (AvgIpc) is 2.63. The van der Waals surface area contributed by atoms with E-state index >= 15 is 4.39 Å². The molecule has 0 radical (unpaired) electrons. The number of nitrogens with one attached hydrogen (secondary N) is 2. The number of rotatable bonds is 3. The number of nitrogens with zero attached hydrogens (tertiary/aromatic N) is 2. The largest absolute Gasteiger partial charge is 0.368 e. The highest BCUT2D eigenvalue weighted by Gasteiger charge is 2.54. The normalized spacial score (nSPS) is 29.4. The summed E-state index contributed by atoms with van der Waals surface area (Å²) >= 11 is 0. The number of hydrogen-bond donors (Lipinski definition) is 3. The molecule has 3 aliphatic heterocycles. The molecule has 4 rings (SSSR count). The first-order chi connectivity index (χ1) is 13.6. The molecule has 1 aromatic carbocycles. The summed E-state index contributed by atoms with van der Waals surface area (Å²) in [7, 11) is 0. The molecule has 1 aromatic rings. The molecule has 0 spiro atoms. The van der Waals surface area contributed by atoms with Gasteiger partial charge in [-0.1, -0.05) is 30.3 Å². The Morgan fingerprint density at radius 2 is 1.79 bits per heavy atom. The minimum absolute atomic E-state index is 0.0286. The van der Waals surface area contributed by atoms with Gasteiger partial charge in [0.1, 0.15) is 5.70 Å². The van der Waals surface area contributed by atoms with Gasteiger partial charge in [-0.2, -0.15) is 5.06 Å². The van der Waals surface area contributed by atoms with E-state index in [0.717, 1.165) is 12.8 Å². The molecule has 0 amide bonds. The van der Waals surface area contributed by atoms with Crippen LogP contribution >= 0.6 is 0 Å². The molecule has 2 saturated heterocycles. The maximum absolute atomic E-state index is 16.0. The van der Waals surface area contributed by atoms with Crippen molar-refractivity contribution in [3.8, 4) is 0 Å². The van der Waals surface area contributed by atoms with Crippen molar-refractivity contribution in [2.45, 2.75) is 63.5 Å². The van der Waals surface area contributed by atoms with Gasteiger partial charge in [0.25, 0.3) is 5.85 Å². The molecule has 3 aliphatic rings. The smallest absolute Gasteiger partial charge is 0.281 e. The van der Waals surface area contributed by atoms with Crippen molar-refractivity contribution >= 4 is 11.7 Å². The third-order valence-corrected chi connectivity index (χ3v) is 5.48. The van der Waals surface area contributed by atoms with Crippen LogP contribution in [0.1, 0.15) is 46.1 Å². The van der Waals surface area contributed by atoms with Crippen molar-refractivity contribution in [2.24, 2.45) is 10.7 Å². The van der Waals surface area contributed by atoms with E-state index in [4.69, 9.17) is 15.3 Å². The van der Waals surface area contributed by atoms with Gasteiger partial charge < -0.3 is 15.8 Å². The number of piperidine rings is 1. The molecule has 7 nitrogen and oxygen atoms in total. The van der Waals surface area contributed by atoms with Crippen LogP contribution in [-0.2, 0) is 9.57 Å². The molecule has 29 heavy (non-hydrogen) atoms. The van der Waals surface area contributed by atoms with Crippen molar-refractivity contribution in [3.05, 3.63) is 41.7 Å². The second kappa shape index (κ2) is 7.05. The molecule has 0 aliphatic carbocycles. The summed E-state index contributed by atoms with van der Waals surface area (Å²) in [5.41, 5.74) is 6.75. The van der Waals surface area contributed by atoms with Gasteiger partial charge in [-0.15, -0.1) is 0 Å². The number of benzene rings is 1. The minimum Gasteiger partial charge on any atom is -0.368 e. The number of aliphatic imine (C=N–C) groups is 1. The highest BCUT2D eigenvalue weighted by atomic mass is 19.1. The molecule has 1 unspecified atom stereocenters. The van der Waals surface area contributed by atoms with Crippen molar-refractivity contribution in [3.63, 3.8) is 0 Å². The molecule has 1 atom stereocenters. The fraction of sp³-hybridized carbons (Fsp3) is 0.571. The fourth-order valence-electron chi connectivity index (χ4n) is 4.87. The van der Waals surface area contributed by atoms with Crippen molar-refractivity contribution < 1.29 is 14.0 Å². The van der Waals surface area contributed by atoms with Gasteiger partial charge in [-0.05, 0) is 40.5 Å². The molecular formula is C21H30FN5O2. The first-order valence-corrected chi connectivity index (χ1v) is 10.1. The van der Waals surface area contributed by atoms with Crippen LogP contribution in [0.15, 0.2) is 41.2 Å². The first-order valence-electron chi connectivity index (χ1n) is 10.1. The molecule has 2 fully saturated rings.